The summed E-state index contributed by atoms with van der Waals surface area (Å²) in [5, 5.41) is 12.9. The Hall–Kier alpha value is -2.42. The largest absolute Gasteiger partial charge is 0.361 e. The van der Waals surface area contributed by atoms with Crippen LogP contribution in [-0.4, -0.2) is 34.8 Å². The van der Waals surface area contributed by atoms with E-state index in [0.717, 1.165) is 0 Å². The molecule has 0 atom stereocenters. The highest BCUT2D eigenvalue weighted by Gasteiger charge is 2.52. The number of amides is 1. The molecule has 1 aromatic rings. The molecule has 1 spiro atoms. The van der Waals surface area contributed by atoms with Gasteiger partial charge in [0.1, 0.15) is 11.8 Å². The van der Waals surface area contributed by atoms with Gasteiger partial charge in [0.15, 0.2) is 11.5 Å². The van der Waals surface area contributed by atoms with E-state index in [1.54, 1.807) is 24.0 Å². The minimum atomic E-state index is -0.570. The van der Waals surface area contributed by atoms with Gasteiger partial charge in [0.05, 0.1) is 5.57 Å². The van der Waals surface area contributed by atoms with Gasteiger partial charge >= 0.3 is 0 Å². The fourth-order valence-electron chi connectivity index (χ4n) is 3.52. The van der Waals surface area contributed by atoms with E-state index >= 15 is 0 Å². The van der Waals surface area contributed by atoms with Crippen LogP contribution in [0.3, 0.4) is 0 Å². The first kappa shape index (κ1) is 14.5. The monoisotopic (exact) mass is 299 g/mol. The molecule has 1 aromatic heterocycles. The predicted molar refractivity (Wildman–Crippen MR) is 76.7 cm³/mol. The summed E-state index contributed by atoms with van der Waals surface area (Å²) in [6.07, 6.45) is 2.39. The molecule has 0 N–H and O–H groups in total. The molecule has 1 fully saturated rings. The molecule has 2 heterocycles. The number of Topliss-reactive ketones (excluding diaryl/α,β-unsaturated/α-hetero) is 1. The SMILES string of the molecule is Cc1cc(C(=O)N2CC3(C=C(C#N)C(=O)C(C)(C)C3)C2)no1. The molecule has 0 radical (unpaired) electrons. The Morgan fingerprint density at radius 3 is 2.68 bits per heavy atom. The maximum absolute atomic E-state index is 12.3. The van der Waals surface area contributed by atoms with Crippen LogP contribution in [0.25, 0.3) is 0 Å². The number of carbonyl (C=O) groups excluding carboxylic acids is 2. The highest BCUT2D eigenvalue weighted by molar-refractivity contribution is 6.04. The predicted octanol–water partition coefficient (Wildman–Crippen LogP) is 1.87. The third kappa shape index (κ3) is 2.13. The summed E-state index contributed by atoms with van der Waals surface area (Å²) in [5.41, 5.74) is -0.348. The third-order valence-electron chi connectivity index (χ3n) is 4.37. The van der Waals surface area contributed by atoms with Gasteiger partial charge in [-0.05, 0) is 13.3 Å². The van der Waals surface area contributed by atoms with Crippen molar-refractivity contribution in [3.8, 4) is 6.07 Å². The van der Waals surface area contributed by atoms with Gasteiger partial charge in [0.2, 0.25) is 0 Å². The molecular formula is C16H17N3O3. The average molecular weight is 299 g/mol. The number of likely N-dealkylation sites (tertiary alicyclic amines) is 1. The van der Waals surface area contributed by atoms with E-state index in [-0.39, 0.29) is 22.7 Å². The molecule has 0 unspecified atom stereocenters. The molecule has 22 heavy (non-hydrogen) atoms. The topological polar surface area (TPSA) is 87.2 Å². The Morgan fingerprint density at radius 1 is 1.45 bits per heavy atom. The number of carbonyl (C=O) groups is 2. The molecule has 6 nitrogen and oxygen atoms in total. The summed E-state index contributed by atoms with van der Waals surface area (Å²) in [6.45, 7) is 6.44. The van der Waals surface area contributed by atoms with Crippen molar-refractivity contribution in [3.05, 3.63) is 29.2 Å². The highest BCUT2D eigenvalue weighted by atomic mass is 16.5. The van der Waals surface area contributed by atoms with Crippen molar-refractivity contribution in [1.82, 2.24) is 10.1 Å². The number of nitriles is 1. The number of allylic oxidation sites excluding steroid dienone is 1. The van der Waals surface area contributed by atoms with Gasteiger partial charge < -0.3 is 9.42 Å². The molecular weight excluding hydrogens is 282 g/mol. The Balaban J connectivity index is 1.79. The Kier molecular flexibility index (Phi) is 2.99. The quantitative estimate of drug-likeness (QED) is 0.790. The number of rotatable bonds is 1. The summed E-state index contributed by atoms with van der Waals surface area (Å²) in [4.78, 5) is 26.1. The van der Waals surface area contributed by atoms with Crippen LogP contribution in [0.1, 0.15) is 36.5 Å². The smallest absolute Gasteiger partial charge is 0.276 e. The molecule has 1 amide bonds. The average Bonchev–Trinajstić information content (AvgIpc) is 2.85. The molecule has 0 saturated carbocycles. The van der Waals surface area contributed by atoms with Crippen molar-refractivity contribution in [2.24, 2.45) is 10.8 Å². The molecule has 3 rings (SSSR count). The number of ketones is 1. The van der Waals surface area contributed by atoms with Crippen LogP contribution in [0.4, 0.5) is 0 Å². The van der Waals surface area contributed by atoms with E-state index in [4.69, 9.17) is 9.78 Å². The van der Waals surface area contributed by atoms with Gasteiger partial charge in [-0.25, -0.2) is 0 Å². The number of hydrogen-bond donors (Lipinski definition) is 0. The Morgan fingerprint density at radius 2 is 2.14 bits per heavy atom. The summed E-state index contributed by atoms with van der Waals surface area (Å²) >= 11 is 0. The van der Waals surface area contributed by atoms with Crippen molar-refractivity contribution >= 4 is 11.7 Å². The van der Waals surface area contributed by atoms with Gasteiger partial charge in [-0.1, -0.05) is 25.1 Å². The lowest BCUT2D eigenvalue weighted by molar-refractivity contribution is -0.127. The van der Waals surface area contributed by atoms with Crippen LogP contribution in [0.15, 0.2) is 22.2 Å². The summed E-state index contributed by atoms with van der Waals surface area (Å²) in [7, 11) is 0. The van der Waals surface area contributed by atoms with Crippen LogP contribution in [0, 0.1) is 29.1 Å². The van der Waals surface area contributed by atoms with Crippen LogP contribution < -0.4 is 0 Å². The lowest BCUT2D eigenvalue weighted by atomic mass is 9.61. The first-order valence-corrected chi connectivity index (χ1v) is 7.17. The molecule has 6 heteroatoms. The molecule has 2 aliphatic rings. The number of nitrogens with zero attached hydrogens (tertiary/aromatic N) is 3. The van der Waals surface area contributed by atoms with Crippen molar-refractivity contribution in [2.75, 3.05) is 13.1 Å². The zero-order valence-electron chi connectivity index (χ0n) is 12.8. The van der Waals surface area contributed by atoms with Gasteiger partial charge in [-0.2, -0.15) is 5.26 Å². The molecule has 1 aliphatic carbocycles. The van der Waals surface area contributed by atoms with Crippen LogP contribution in [-0.2, 0) is 4.79 Å². The minimum absolute atomic E-state index is 0.113. The number of aromatic nitrogens is 1. The summed E-state index contributed by atoms with van der Waals surface area (Å²) in [5.74, 6) is 0.302. The van der Waals surface area contributed by atoms with Crippen molar-refractivity contribution in [1.29, 1.82) is 5.26 Å². The van der Waals surface area contributed by atoms with Gasteiger partial charge in [0.25, 0.3) is 5.91 Å². The zero-order chi connectivity index (χ0) is 16.1. The minimum Gasteiger partial charge on any atom is -0.361 e. The van der Waals surface area contributed by atoms with E-state index in [1.165, 1.54) is 0 Å². The van der Waals surface area contributed by atoms with E-state index < -0.39 is 5.41 Å². The normalized spacial score (nSPS) is 22.0. The molecule has 0 aromatic carbocycles. The first-order valence-electron chi connectivity index (χ1n) is 7.17. The van der Waals surface area contributed by atoms with E-state index in [9.17, 15) is 9.59 Å². The zero-order valence-corrected chi connectivity index (χ0v) is 12.8. The van der Waals surface area contributed by atoms with Gasteiger partial charge in [-0.15, -0.1) is 0 Å². The fraction of sp³-hybridized carbons (Fsp3) is 0.500. The van der Waals surface area contributed by atoms with Gasteiger partial charge in [0, 0.05) is 30.0 Å². The van der Waals surface area contributed by atoms with E-state index in [0.29, 0.717) is 31.0 Å². The number of hydrogen-bond acceptors (Lipinski definition) is 5. The highest BCUT2D eigenvalue weighted by Crippen LogP contribution is 2.48. The van der Waals surface area contributed by atoms with Crippen LogP contribution >= 0.6 is 0 Å². The standard InChI is InChI=1S/C16H17N3O3/c1-10-4-12(18-22-10)14(21)19-8-16(9-19)5-11(6-17)13(20)15(2,3)7-16/h4-5H,7-9H2,1-3H3. The van der Waals surface area contributed by atoms with Crippen molar-refractivity contribution in [2.45, 2.75) is 27.2 Å². The number of aryl methyl sites for hydroxylation is 1. The Labute approximate surface area is 128 Å². The second-order valence-electron chi connectivity index (χ2n) is 6.91. The Bertz CT molecular complexity index is 730. The van der Waals surface area contributed by atoms with Gasteiger partial charge in [-0.3, -0.25) is 9.59 Å². The molecule has 114 valence electrons. The van der Waals surface area contributed by atoms with E-state index in [1.807, 2.05) is 19.9 Å². The lowest BCUT2D eigenvalue weighted by Crippen LogP contribution is -2.60. The van der Waals surface area contributed by atoms with Crippen LogP contribution in [0.5, 0.6) is 0 Å². The lowest BCUT2D eigenvalue weighted by Gasteiger charge is -2.53. The van der Waals surface area contributed by atoms with E-state index in [2.05, 4.69) is 5.16 Å². The molecule has 1 saturated heterocycles. The molecule has 0 bridgehead atoms. The van der Waals surface area contributed by atoms with Crippen molar-refractivity contribution in [3.63, 3.8) is 0 Å². The fourth-order valence-corrected chi connectivity index (χ4v) is 3.52. The van der Waals surface area contributed by atoms with Crippen molar-refractivity contribution < 1.29 is 14.1 Å². The maximum atomic E-state index is 12.3. The molecule has 1 aliphatic heterocycles. The second-order valence-corrected chi connectivity index (χ2v) is 6.91. The first-order chi connectivity index (χ1) is 10.3. The summed E-state index contributed by atoms with van der Waals surface area (Å²) < 4.78 is 4.93. The summed E-state index contributed by atoms with van der Waals surface area (Å²) in [6, 6.07) is 3.60. The second kappa shape index (κ2) is 4.54. The maximum Gasteiger partial charge on any atom is 0.276 e. The third-order valence-corrected chi connectivity index (χ3v) is 4.37. The van der Waals surface area contributed by atoms with Crippen LogP contribution in [0.2, 0.25) is 0 Å².